The van der Waals surface area contributed by atoms with Crippen molar-refractivity contribution >= 4 is 17.8 Å². The van der Waals surface area contributed by atoms with Gasteiger partial charge < -0.3 is 19.1 Å². The van der Waals surface area contributed by atoms with Crippen LogP contribution in [0.5, 0.6) is 11.5 Å². The van der Waals surface area contributed by atoms with Gasteiger partial charge in [-0.25, -0.2) is 4.99 Å². The zero-order chi connectivity index (χ0) is 24.8. The van der Waals surface area contributed by atoms with E-state index in [1.807, 2.05) is 18.2 Å². The van der Waals surface area contributed by atoms with E-state index in [0.717, 1.165) is 19.6 Å². The first kappa shape index (κ1) is 24.5. The van der Waals surface area contributed by atoms with Crippen LogP contribution in [0.15, 0.2) is 53.5 Å². The zero-order valence-electron chi connectivity index (χ0n) is 20.4. The molecular weight excluding hydrogens is 448 g/mol. The number of carbonyl (C=O) groups is 2. The van der Waals surface area contributed by atoms with Gasteiger partial charge in [0.15, 0.2) is 5.92 Å². The van der Waals surface area contributed by atoms with E-state index in [1.165, 1.54) is 12.7 Å². The fourth-order valence-corrected chi connectivity index (χ4v) is 4.47. The number of piperazine rings is 1. The van der Waals surface area contributed by atoms with Gasteiger partial charge in [0.05, 0.1) is 20.8 Å². The average Bonchev–Trinajstić information content (AvgIpc) is 2.89. The van der Waals surface area contributed by atoms with Gasteiger partial charge in [0.25, 0.3) is 0 Å². The lowest BCUT2D eigenvalue weighted by Crippen LogP contribution is -2.57. The summed E-state index contributed by atoms with van der Waals surface area (Å²) < 4.78 is 16.1. The Bertz CT molecular complexity index is 1070. The summed E-state index contributed by atoms with van der Waals surface area (Å²) in [5.41, 5.74) is 1.90. The SMILES string of the molecule is CCOC(=O)[C@@H]1C(=O)NC(N2CCN(Cc3ccccc3)CC2)=N[C@@H]1c1ccc(OC)cc1OC. The van der Waals surface area contributed by atoms with Gasteiger partial charge >= 0.3 is 5.97 Å². The molecule has 9 heteroatoms. The first-order valence-electron chi connectivity index (χ1n) is 11.8. The summed E-state index contributed by atoms with van der Waals surface area (Å²) >= 11 is 0. The molecule has 0 aromatic heterocycles. The van der Waals surface area contributed by atoms with Gasteiger partial charge in [0.2, 0.25) is 11.9 Å². The molecule has 1 amide bonds. The molecule has 0 aliphatic carbocycles. The van der Waals surface area contributed by atoms with Crippen molar-refractivity contribution in [2.45, 2.75) is 19.5 Å². The lowest BCUT2D eigenvalue weighted by molar-refractivity contribution is -0.153. The van der Waals surface area contributed by atoms with Gasteiger partial charge in [-0.2, -0.15) is 0 Å². The van der Waals surface area contributed by atoms with Crippen LogP contribution < -0.4 is 14.8 Å². The summed E-state index contributed by atoms with van der Waals surface area (Å²) in [6, 6.07) is 14.9. The molecule has 2 aliphatic heterocycles. The van der Waals surface area contributed by atoms with Gasteiger partial charge in [-0.15, -0.1) is 0 Å². The molecule has 0 radical (unpaired) electrons. The Morgan fingerprint density at radius 2 is 1.80 bits per heavy atom. The van der Waals surface area contributed by atoms with E-state index < -0.39 is 23.8 Å². The van der Waals surface area contributed by atoms with Crippen LogP contribution in [0.25, 0.3) is 0 Å². The van der Waals surface area contributed by atoms with E-state index in [4.69, 9.17) is 19.2 Å². The van der Waals surface area contributed by atoms with E-state index in [0.29, 0.717) is 36.1 Å². The lowest BCUT2D eigenvalue weighted by Gasteiger charge is -2.39. The number of aliphatic imine (C=N–C) groups is 1. The second-order valence-electron chi connectivity index (χ2n) is 8.47. The number of benzene rings is 2. The molecule has 0 spiro atoms. The highest BCUT2D eigenvalue weighted by Gasteiger charge is 2.43. The molecule has 4 rings (SSSR count). The number of hydrogen-bond donors (Lipinski definition) is 1. The summed E-state index contributed by atoms with van der Waals surface area (Å²) in [5, 5.41) is 2.85. The second kappa shape index (κ2) is 11.2. The van der Waals surface area contributed by atoms with Crippen molar-refractivity contribution in [2.75, 3.05) is 47.0 Å². The van der Waals surface area contributed by atoms with E-state index in [1.54, 1.807) is 32.2 Å². The van der Waals surface area contributed by atoms with E-state index in [-0.39, 0.29) is 6.61 Å². The van der Waals surface area contributed by atoms with Crippen LogP contribution in [-0.4, -0.2) is 74.6 Å². The molecule has 2 heterocycles. The van der Waals surface area contributed by atoms with Crippen molar-refractivity contribution in [3.8, 4) is 11.5 Å². The number of carbonyl (C=O) groups excluding carboxylic acids is 2. The molecule has 1 saturated heterocycles. The minimum absolute atomic E-state index is 0.176. The zero-order valence-corrected chi connectivity index (χ0v) is 20.4. The fraction of sp³-hybridized carbons (Fsp3) is 0.423. The summed E-state index contributed by atoms with van der Waals surface area (Å²) in [5.74, 6) is -0.573. The van der Waals surface area contributed by atoms with Gasteiger partial charge in [-0.3, -0.25) is 19.8 Å². The van der Waals surface area contributed by atoms with Crippen molar-refractivity contribution in [3.05, 3.63) is 59.7 Å². The third kappa shape index (κ3) is 5.57. The fourth-order valence-electron chi connectivity index (χ4n) is 4.47. The third-order valence-corrected chi connectivity index (χ3v) is 6.32. The Labute approximate surface area is 205 Å². The van der Waals surface area contributed by atoms with Crippen molar-refractivity contribution in [3.63, 3.8) is 0 Å². The largest absolute Gasteiger partial charge is 0.497 e. The number of nitrogens with one attached hydrogen (secondary N) is 1. The van der Waals surface area contributed by atoms with Crippen molar-refractivity contribution in [2.24, 2.45) is 10.9 Å². The molecular formula is C26H32N4O5. The highest BCUT2D eigenvalue weighted by molar-refractivity contribution is 6.08. The van der Waals surface area contributed by atoms with Crippen LogP contribution >= 0.6 is 0 Å². The Kier molecular flexibility index (Phi) is 7.87. The average molecular weight is 481 g/mol. The summed E-state index contributed by atoms with van der Waals surface area (Å²) in [4.78, 5) is 35.2. The summed E-state index contributed by atoms with van der Waals surface area (Å²) in [7, 11) is 3.11. The molecule has 0 bridgehead atoms. The Balaban J connectivity index is 1.57. The number of rotatable bonds is 7. The number of nitrogens with zero attached hydrogens (tertiary/aromatic N) is 3. The number of methoxy groups -OCH3 is 2. The molecule has 2 aliphatic rings. The molecule has 186 valence electrons. The maximum Gasteiger partial charge on any atom is 0.321 e. The van der Waals surface area contributed by atoms with Gasteiger partial charge in [-0.05, 0) is 24.6 Å². The van der Waals surface area contributed by atoms with E-state index >= 15 is 0 Å². The Hall–Kier alpha value is -3.59. The van der Waals surface area contributed by atoms with Gasteiger partial charge in [0, 0.05) is 44.4 Å². The third-order valence-electron chi connectivity index (χ3n) is 6.32. The maximum absolute atomic E-state index is 13.2. The maximum atomic E-state index is 13.2. The molecule has 2 aromatic carbocycles. The highest BCUT2D eigenvalue weighted by Crippen LogP contribution is 2.38. The topological polar surface area (TPSA) is 92.7 Å². The predicted molar refractivity (Wildman–Crippen MR) is 131 cm³/mol. The first-order chi connectivity index (χ1) is 17.0. The molecule has 9 nitrogen and oxygen atoms in total. The van der Waals surface area contributed by atoms with Crippen LogP contribution in [0, 0.1) is 5.92 Å². The van der Waals surface area contributed by atoms with Crippen molar-refractivity contribution < 1.29 is 23.8 Å². The molecule has 0 unspecified atom stereocenters. The van der Waals surface area contributed by atoms with Crippen LogP contribution in [-0.2, 0) is 20.9 Å². The molecule has 35 heavy (non-hydrogen) atoms. The Morgan fingerprint density at radius 1 is 1.06 bits per heavy atom. The molecule has 1 fully saturated rings. The normalized spacial score (nSPS) is 20.6. The monoisotopic (exact) mass is 480 g/mol. The molecule has 2 aromatic rings. The number of guanidine groups is 1. The van der Waals surface area contributed by atoms with Crippen molar-refractivity contribution in [1.82, 2.24) is 15.1 Å². The van der Waals surface area contributed by atoms with Crippen LogP contribution in [0.1, 0.15) is 24.1 Å². The summed E-state index contributed by atoms with van der Waals surface area (Å²) in [6.07, 6.45) is 0. The smallest absolute Gasteiger partial charge is 0.321 e. The summed E-state index contributed by atoms with van der Waals surface area (Å²) in [6.45, 7) is 5.86. The van der Waals surface area contributed by atoms with Crippen LogP contribution in [0.2, 0.25) is 0 Å². The van der Waals surface area contributed by atoms with Crippen LogP contribution in [0.4, 0.5) is 0 Å². The van der Waals surface area contributed by atoms with Crippen LogP contribution in [0.3, 0.4) is 0 Å². The number of amides is 1. The van der Waals surface area contributed by atoms with Gasteiger partial charge in [0.1, 0.15) is 17.5 Å². The minimum atomic E-state index is -1.11. The standard InChI is InChI=1S/C26H32N4O5/c1-4-35-25(32)22-23(20-11-10-19(33-2)16-21(20)34-3)27-26(28-24(22)31)30-14-12-29(13-15-30)17-18-8-6-5-7-9-18/h5-11,16,22-23H,4,12-15,17H2,1-3H3,(H,27,28,31)/t22-,23+/m0/s1. The number of esters is 1. The quantitative estimate of drug-likeness (QED) is 0.480. The minimum Gasteiger partial charge on any atom is -0.497 e. The van der Waals surface area contributed by atoms with E-state index in [9.17, 15) is 9.59 Å². The number of hydrogen-bond acceptors (Lipinski definition) is 8. The highest BCUT2D eigenvalue weighted by atomic mass is 16.5. The van der Waals surface area contributed by atoms with Gasteiger partial charge in [-0.1, -0.05) is 30.3 Å². The first-order valence-corrected chi connectivity index (χ1v) is 11.8. The lowest BCUT2D eigenvalue weighted by atomic mass is 9.90. The Morgan fingerprint density at radius 3 is 2.46 bits per heavy atom. The molecule has 2 atom stereocenters. The molecule has 1 N–H and O–H groups in total. The second-order valence-corrected chi connectivity index (χ2v) is 8.47. The van der Waals surface area contributed by atoms with E-state index in [2.05, 4.69) is 27.2 Å². The van der Waals surface area contributed by atoms with Crippen molar-refractivity contribution in [1.29, 1.82) is 0 Å². The number of ether oxygens (including phenoxy) is 3. The molecule has 0 saturated carbocycles. The predicted octanol–water partition coefficient (Wildman–Crippen LogP) is 2.23.